The standard InChI is InChI=1S/C14H26N2O4S/c1-3-20-11-14(17)15-7-4-13(10-15)12-5-8-16(9-6-12)21(2,18)19/h12-13H,3-11H2,1-2H3. The zero-order valence-corrected chi connectivity index (χ0v) is 13.8. The predicted molar refractivity (Wildman–Crippen MR) is 80.3 cm³/mol. The van der Waals surface area contributed by atoms with Crippen molar-refractivity contribution < 1.29 is 17.9 Å². The number of amides is 1. The first-order chi connectivity index (χ1) is 9.91. The second-order valence-corrected chi connectivity index (χ2v) is 8.01. The molecule has 21 heavy (non-hydrogen) atoms. The molecule has 0 aromatic heterocycles. The Morgan fingerprint density at radius 2 is 1.76 bits per heavy atom. The van der Waals surface area contributed by atoms with Crippen LogP contribution in [0.3, 0.4) is 0 Å². The van der Waals surface area contributed by atoms with Gasteiger partial charge in [0.05, 0.1) is 6.26 Å². The van der Waals surface area contributed by atoms with Crippen LogP contribution in [0.25, 0.3) is 0 Å². The number of carbonyl (C=O) groups excluding carboxylic acids is 1. The highest BCUT2D eigenvalue weighted by Gasteiger charge is 2.34. The SMILES string of the molecule is CCOCC(=O)N1CCC(C2CCN(S(C)(=O)=O)CC2)C1. The van der Waals surface area contributed by atoms with E-state index in [9.17, 15) is 13.2 Å². The highest BCUT2D eigenvalue weighted by Crippen LogP contribution is 2.32. The number of ether oxygens (including phenoxy) is 1. The molecule has 0 aromatic carbocycles. The second kappa shape index (κ2) is 7.07. The van der Waals surface area contributed by atoms with Crippen LogP contribution in [0.1, 0.15) is 26.2 Å². The van der Waals surface area contributed by atoms with Gasteiger partial charge in [0.25, 0.3) is 0 Å². The third-order valence-electron chi connectivity index (χ3n) is 4.64. The number of hydrogen-bond donors (Lipinski definition) is 0. The predicted octanol–water partition coefficient (Wildman–Crippen LogP) is 0.543. The zero-order valence-electron chi connectivity index (χ0n) is 13.0. The average molecular weight is 318 g/mol. The summed E-state index contributed by atoms with van der Waals surface area (Å²) in [6, 6.07) is 0. The number of hydrogen-bond acceptors (Lipinski definition) is 4. The van der Waals surface area contributed by atoms with Crippen LogP contribution >= 0.6 is 0 Å². The maximum Gasteiger partial charge on any atom is 0.248 e. The Kier molecular flexibility index (Phi) is 5.62. The summed E-state index contributed by atoms with van der Waals surface area (Å²) >= 11 is 0. The van der Waals surface area contributed by atoms with Crippen LogP contribution in [0, 0.1) is 11.8 Å². The molecule has 0 saturated carbocycles. The Morgan fingerprint density at radius 3 is 2.33 bits per heavy atom. The molecule has 0 aliphatic carbocycles. The Balaban J connectivity index is 1.79. The molecule has 6 nitrogen and oxygen atoms in total. The lowest BCUT2D eigenvalue weighted by molar-refractivity contribution is -0.135. The first-order valence-electron chi connectivity index (χ1n) is 7.72. The molecule has 0 N–H and O–H groups in total. The minimum atomic E-state index is -3.06. The summed E-state index contributed by atoms with van der Waals surface area (Å²) in [5.74, 6) is 1.12. The first-order valence-corrected chi connectivity index (χ1v) is 9.57. The van der Waals surface area contributed by atoms with Crippen LogP contribution < -0.4 is 0 Å². The molecule has 2 heterocycles. The van der Waals surface area contributed by atoms with Gasteiger partial charge in [-0.1, -0.05) is 0 Å². The minimum Gasteiger partial charge on any atom is -0.372 e. The number of sulfonamides is 1. The molecule has 2 saturated heterocycles. The van der Waals surface area contributed by atoms with Gasteiger partial charge in [-0.3, -0.25) is 4.79 Å². The van der Waals surface area contributed by atoms with Crippen LogP contribution in [0.4, 0.5) is 0 Å². The van der Waals surface area contributed by atoms with Gasteiger partial charge < -0.3 is 9.64 Å². The molecule has 2 fully saturated rings. The molecule has 1 amide bonds. The van der Waals surface area contributed by atoms with Gasteiger partial charge in [-0.2, -0.15) is 0 Å². The number of likely N-dealkylation sites (tertiary alicyclic amines) is 1. The summed E-state index contributed by atoms with van der Waals surface area (Å²) in [5, 5.41) is 0. The van der Waals surface area contributed by atoms with E-state index in [4.69, 9.17) is 4.74 Å². The summed E-state index contributed by atoms with van der Waals surface area (Å²) in [7, 11) is -3.06. The van der Waals surface area contributed by atoms with E-state index in [0.29, 0.717) is 31.5 Å². The van der Waals surface area contributed by atoms with Crippen molar-refractivity contribution >= 4 is 15.9 Å². The Hall–Kier alpha value is -0.660. The van der Waals surface area contributed by atoms with Gasteiger partial charge in [-0.25, -0.2) is 12.7 Å². The lowest BCUT2D eigenvalue weighted by atomic mass is 9.84. The maximum absolute atomic E-state index is 11.9. The van der Waals surface area contributed by atoms with Crippen LogP contribution in [-0.2, 0) is 19.6 Å². The average Bonchev–Trinajstić information content (AvgIpc) is 2.94. The fourth-order valence-electron chi connectivity index (χ4n) is 3.36. The third-order valence-corrected chi connectivity index (χ3v) is 5.94. The van der Waals surface area contributed by atoms with Gasteiger partial charge in [0.15, 0.2) is 0 Å². The van der Waals surface area contributed by atoms with Gasteiger partial charge in [0, 0.05) is 32.8 Å². The fraction of sp³-hybridized carbons (Fsp3) is 0.929. The van der Waals surface area contributed by atoms with Crippen LogP contribution in [0.2, 0.25) is 0 Å². The molecule has 122 valence electrons. The van der Waals surface area contributed by atoms with Crippen LogP contribution in [-0.4, -0.2) is 69.2 Å². The largest absolute Gasteiger partial charge is 0.372 e. The summed E-state index contributed by atoms with van der Waals surface area (Å²) in [5.41, 5.74) is 0. The maximum atomic E-state index is 11.9. The zero-order chi connectivity index (χ0) is 15.5. The monoisotopic (exact) mass is 318 g/mol. The van der Waals surface area contributed by atoms with Crippen molar-refractivity contribution in [2.45, 2.75) is 26.2 Å². The lowest BCUT2D eigenvalue weighted by Crippen LogP contribution is -2.40. The molecule has 0 aromatic rings. The molecule has 2 aliphatic heterocycles. The number of piperidine rings is 1. The van der Waals surface area contributed by atoms with E-state index in [1.54, 1.807) is 4.31 Å². The molecule has 0 spiro atoms. The van der Waals surface area contributed by atoms with Crippen molar-refractivity contribution in [3.63, 3.8) is 0 Å². The van der Waals surface area contributed by atoms with Crippen molar-refractivity contribution in [1.82, 2.24) is 9.21 Å². The summed E-state index contributed by atoms with van der Waals surface area (Å²) in [4.78, 5) is 13.8. The normalized spacial score (nSPS) is 25.4. The molecule has 2 rings (SSSR count). The van der Waals surface area contributed by atoms with Crippen LogP contribution in [0.15, 0.2) is 0 Å². The summed E-state index contributed by atoms with van der Waals surface area (Å²) in [6.45, 7) is 5.47. The summed E-state index contributed by atoms with van der Waals surface area (Å²) in [6.07, 6.45) is 4.12. The van der Waals surface area contributed by atoms with E-state index in [1.165, 1.54) is 6.26 Å². The van der Waals surface area contributed by atoms with Crippen molar-refractivity contribution in [2.75, 3.05) is 45.6 Å². The number of rotatable bonds is 5. The molecule has 1 unspecified atom stereocenters. The third kappa shape index (κ3) is 4.40. The molecule has 1 atom stereocenters. The van der Waals surface area contributed by atoms with Crippen molar-refractivity contribution in [1.29, 1.82) is 0 Å². The van der Waals surface area contributed by atoms with Crippen molar-refractivity contribution in [3.8, 4) is 0 Å². The molecule has 0 bridgehead atoms. The van der Waals surface area contributed by atoms with Crippen molar-refractivity contribution in [2.24, 2.45) is 11.8 Å². The Labute approximate surface area is 127 Å². The Bertz CT molecular complexity index is 458. The highest BCUT2D eigenvalue weighted by atomic mass is 32.2. The van der Waals surface area contributed by atoms with Gasteiger partial charge >= 0.3 is 0 Å². The molecular formula is C14H26N2O4S. The number of carbonyl (C=O) groups is 1. The van der Waals surface area contributed by atoms with Crippen molar-refractivity contribution in [3.05, 3.63) is 0 Å². The topological polar surface area (TPSA) is 66.9 Å². The van der Waals surface area contributed by atoms with E-state index in [0.717, 1.165) is 32.4 Å². The fourth-order valence-corrected chi connectivity index (χ4v) is 4.23. The molecule has 7 heteroatoms. The second-order valence-electron chi connectivity index (χ2n) is 6.03. The van der Waals surface area contributed by atoms with E-state index in [1.807, 2.05) is 11.8 Å². The van der Waals surface area contributed by atoms with E-state index < -0.39 is 10.0 Å². The summed E-state index contributed by atoms with van der Waals surface area (Å²) < 4.78 is 29.8. The van der Waals surface area contributed by atoms with Gasteiger partial charge in [0.1, 0.15) is 6.61 Å². The minimum absolute atomic E-state index is 0.0768. The quantitative estimate of drug-likeness (QED) is 0.742. The van der Waals surface area contributed by atoms with Crippen LogP contribution in [0.5, 0.6) is 0 Å². The van der Waals surface area contributed by atoms with E-state index in [2.05, 4.69) is 0 Å². The number of nitrogens with zero attached hydrogens (tertiary/aromatic N) is 2. The molecule has 0 radical (unpaired) electrons. The molecule has 2 aliphatic rings. The smallest absolute Gasteiger partial charge is 0.248 e. The van der Waals surface area contributed by atoms with E-state index >= 15 is 0 Å². The van der Waals surface area contributed by atoms with Gasteiger partial charge in [0.2, 0.25) is 15.9 Å². The highest BCUT2D eigenvalue weighted by molar-refractivity contribution is 7.88. The van der Waals surface area contributed by atoms with Gasteiger partial charge in [-0.15, -0.1) is 0 Å². The lowest BCUT2D eigenvalue weighted by Gasteiger charge is -2.33. The molecular weight excluding hydrogens is 292 g/mol. The van der Waals surface area contributed by atoms with Gasteiger partial charge in [-0.05, 0) is 38.0 Å². The van der Waals surface area contributed by atoms with E-state index in [-0.39, 0.29) is 12.5 Å². The first kappa shape index (κ1) is 16.7. The Morgan fingerprint density at radius 1 is 1.14 bits per heavy atom.